The molecule has 2 aliphatic rings. The number of hydrogen-bond acceptors (Lipinski definition) is 4. The number of carbonyl (C=O) groups is 3. The Morgan fingerprint density at radius 3 is 2.84 bits per heavy atom. The van der Waals surface area contributed by atoms with Gasteiger partial charge in [0.15, 0.2) is 5.12 Å². The van der Waals surface area contributed by atoms with E-state index in [0.29, 0.717) is 12.8 Å². The van der Waals surface area contributed by atoms with E-state index in [2.05, 4.69) is 23.3 Å². The molecule has 8 heteroatoms. The molecule has 0 radical (unpaired) electrons. The Labute approximate surface area is 120 Å². The van der Waals surface area contributed by atoms with E-state index in [4.69, 9.17) is 5.11 Å². The maximum atomic E-state index is 11.2. The third-order valence-electron chi connectivity index (χ3n) is 3.52. The van der Waals surface area contributed by atoms with Crippen LogP contribution in [0.2, 0.25) is 0 Å². The average molecular weight is 304 g/mol. The lowest BCUT2D eigenvalue weighted by Gasteiger charge is -2.17. The van der Waals surface area contributed by atoms with E-state index in [9.17, 15) is 14.4 Å². The summed E-state index contributed by atoms with van der Waals surface area (Å²) in [4.78, 5) is 33.1. The maximum absolute atomic E-state index is 11.2. The summed E-state index contributed by atoms with van der Waals surface area (Å²) in [6, 6.07) is 0.158. The smallest absolute Gasteiger partial charge is 0.315 e. The minimum atomic E-state index is -1.12. The number of carbonyl (C=O) groups excluding carboxylic acids is 2. The fourth-order valence-electron chi connectivity index (χ4n) is 2.52. The average Bonchev–Trinajstić information content (AvgIpc) is 2.83. The zero-order valence-corrected chi connectivity index (χ0v) is 11.9. The van der Waals surface area contributed by atoms with Gasteiger partial charge < -0.3 is 15.7 Å². The van der Waals surface area contributed by atoms with Gasteiger partial charge in [0.25, 0.3) is 0 Å². The number of fused-ring (bicyclic) bond motifs is 1. The number of nitrogens with one attached hydrogen (secondary N) is 2. The molecular formula is C11H16N2O4S2. The van der Waals surface area contributed by atoms with Gasteiger partial charge in [-0.2, -0.15) is 11.8 Å². The Bertz CT molecular complexity index is 390. The largest absolute Gasteiger partial charge is 0.481 e. The van der Waals surface area contributed by atoms with Gasteiger partial charge in [0.1, 0.15) is 5.92 Å². The van der Waals surface area contributed by atoms with Crippen LogP contribution in [0, 0.1) is 5.92 Å². The number of urea groups is 1. The van der Waals surface area contributed by atoms with Gasteiger partial charge >= 0.3 is 12.0 Å². The number of carboxylic acids is 1. The van der Waals surface area contributed by atoms with Crippen LogP contribution in [0.15, 0.2) is 0 Å². The molecule has 106 valence electrons. The molecule has 1 unspecified atom stereocenters. The molecule has 2 saturated heterocycles. The summed E-state index contributed by atoms with van der Waals surface area (Å²) in [5, 5.41) is 14.3. The molecule has 2 amide bonds. The van der Waals surface area contributed by atoms with E-state index in [1.807, 2.05) is 0 Å². The minimum Gasteiger partial charge on any atom is -0.481 e. The van der Waals surface area contributed by atoms with E-state index in [1.165, 1.54) is 0 Å². The first-order valence-corrected chi connectivity index (χ1v) is 7.63. The third kappa shape index (κ3) is 3.36. The summed E-state index contributed by atoms with van der Waals surface area (Å²) >= 11 is 5.37. The molecule has 0 saturated carbocycles. The Hall–Kier alpha value is -0.890. The second-order valence-corrected chi connectivity index (χ2v) is 6.49. The topological polar surface area (TPSA) is 95.5 Å². The van der Waals surface area contributed by atoms with Gasteiger partial charge in [0.05, 0.1) is 12.1 Å². The molecule has 2 fully saturated rings. The normalized spacial score (nSPS) is 30.4. The van der Waals surface area contributed by atoms with Crippen LogP contribution in [-0.4, -0.2) is 45.3 Å². The quantitative estimate of drug-likeness (QED) is 0.325. The fraction of sp³-hybridized carbons (Fsp3) is 0.727. The lowest BCUT2D eigenvalue weighted by molar-refractivity contribution is -0.144. The molecule has 0 aromatic heterocycles. The van der Waals surface area contributed by atoms with Crippen molar-refractivity contribution < 1.29 is 19.5 Å². The van der Waals surface area contributed by atoms with E-state index in [1.54, 1.807) is 11.8 Å². The number of hydrogen-bond donors (Lipinski definition) is 4. The van der Waals surface area contributed by atoms with Gasteiger partial charge in [-0.3, -0.25) is 9.59 Å². The lowest BCUT2D eigenvalue weighted by atomic mass is 9.99. The van der Waals surface area contributed by atoms with Crippen LogP contribution in [0.4, 0.5) is 4.79 Å². The highest BCUT2D eigenvalue weighted by molar-refractivity contribution is 8.00. The van der Waals surface area contributed by atoms with Crippen molar-refractivity contribution in [3.63, 3.8) is 0 Å². The molecule has 3 N–H and O–H groups in total. The van der Waals surface area contributed by atoms with Crippen molar-refractivity contribution in [2.24, 2.45) is 5.92 Å². The van der Waals surface area contributed by atoms with E-state index in [0.717, 1.165) is 12.2 Å². The Balaban J connectivity index is 1.78. The first-order chi connectivity index (χ1) is 8.99. The summed E-state index contributed by atoms with van der Waals surface area (Å²) in [5.41, 5.74) is 0. The molecule has 0 aliphatic carbocycles. The van der Waals surface area contributed by atoms with E-state index >= 15 is 0 Å². The van der Waals surface area contributed by atoms with Crippen LogP contribution < -0.4 is 10.6 Å². The molecule has 0 bridgehead atoms. The van der Waals surface area contributed by atoms with Crippen molar-refractivity contribution in [1.82, 2.24) is 10.6 Å². The van der Waals surface area contributed by atoms with Crippen LogP contribution in [0.3, 0.4) is 0 Å². The molecule has 0 aromatic rings. The highest BCUT2D eigenvalue weighted by atomic mass is 32.2. The predicted molar refractivity (Wildman–Crippen MR) is 74.5 cm³/mol. The minimum absolute atomic E-state index is 0.118. The van der Waals surface area contributed by atoms with Crippen LogP contribution in [-0.2, 0) is 9.59 Å². The number of thioether (sulfide) groups is 1. The van der Waals surface area contributed by atoms with Gasteiger partial charge in [-0.05, 0) is 12.8 Å². The number of rotatable bonds is 6. The Morgan fingerprint density at radius 2 is 2.21 bits per heavy atom. The third-order valence-corrected chi connectivity index (χ3v) is 5.34. The molecule has 4 atom stereocenters. The zero-order chi connectivity index (χ0) is 14.0. The Kier molecular flexibility index (Phi) is 4.62. The molecular weight excluding hydrogens is 288 g/mol. The molecule has 0 spiro atoms. The van der Waals surface area contributed by atoms with Crippen molar-refractivity contribution in [3.8, 4) is 0 Å². The molecule has 19 heavy (non-hydrogen) atoms. The number of amides is 2. The van der Waals surface area contributed by atoms with E-state index < -0.39 is 17.0 Å². The highest BCUT2D eigenvalue weighted by Gasteiger charge is 2.42. The Morgan fingerprint density at radius 1 is 1.47 bits per heavy atom. The second kappa shape index (κ2) is 6.04. The standard InChI is InChI=1S/C11H16N2O4S2/c14-9(15)5(10(16)18)2-1-3-7-8-6(4-19-7)12-11(17)13-8/h5-8H,1-4H2,(H,14,15)(H,16,18)(H2,12,13,17)/t5?,6-,7-,8-/m0/s1. The zero-order valence-electron chi connectivity index (χ0n) is 10.2. The van der Waals surface area contributed by atoms with Gasteiger partial charge in [0, 0.05) is 11.0 Å². The molecule has 2 rings (SSSR count). The second-order valence-electron chi connectivity index (χ2n) is 4.78. The summed E-state index contributed by atoms with van der Waals surface area (Å²) in [7, 11) is 0. The van der Waals surface area contributed by atoms with Gasteiger partial charge in [0.2, 0.25) is 0 Å². The van der Waals surface area contributed by atoms with Crippen LogP contribution >= 0.6 is 24.4 Å². The van der Waals surface area contributed by atoms with Crippen LogP contribution in [0.5, 0.6) is 0 Å². The number of carboxylic acid groups (broad SMARTS) is 1. The fourth-order valence-corrected chi connectivity index (χ4v) is 4.30. The maximum Gasteiger partial charge on any atom is 0.315 e. The number of aliphatic carboxylic acids is 1. The molecule has 6 nitrogen and oxygen atoms in total. The summed E-state index contributed by atoms with van der Waals surface area (Å²) in [6.07, 6.45) is 1.73. The summed E-state index contributed by atoms with van der Waals surface area (Å²) in [6.45, 7) is 0. The highest BCUT2D eigenvalue weighted by Crippen LogP contribution is 2.33. The number of thiol groups is 1. The van der Waals surface area contributed by atoms with Crippen molar-refractivity contribution in [2.45, 2.75) is 36.6 Å². The van der Waals surface area contributed by atoms with Crippen molar-refractivity contribution in [1.29, 1.82) is 0 Å². The van der Waals surface area contributed by atoms with Gasteiger partial charge in [-0.25, -0.2) is 4.79 Å². The molecule has 0 aromatic carbocycles. The molecule has 2 aliphatic heterocycles. The SMILES string of the molecule is O=C1N[C@H]2[C@H](CS[C@H]2CCCC(C(=O)O)C(=O)S)N1. The van der Waals surface area contributed by atoms with Gasteiger partial charge in [-0.1, -0.05) is 6.42 Å². The van der Waals surface area contributed by atoms with Gasteiger partial charge in [-0.15, -0.1) is 12.6 Å². The predicted octanol–water partition coefficient (Wildman–Crippen LogP) is 0.479. The molecule has 2 heterocycles. The van der Waals surface area contributed by atoms with E-state index in [-0.39, 0.29) is 23.4 Å². The van der Waals surface area contributed by atoms with Crippen LogP contribution in [0.25, 0.3) is 0 Å². The summed E-state index contributed by atoms with van der Waals surface area (Å²) < 4.78 is 0. The monoisotopic (exact) mass is 304 g/mol. The van der Waals surface area contributed by atoms with Crippen LogP contribution in [0.1, 0.15) is 19.3 Å². The summed E-state index contributed by atoms with van der Waals surface area (Å²) in [5.74, 6) is -1.27. The van der Waals surface area contributed by atoms with Crippen molar-refractivity contribution >= 4 is 41.5 Å². The van der Waals surface area contributed by atoms with Crippen molar-refractivity contribution in [3.05, 3.63) is 0 Å². The van der Waals surface area contributed by atoms with Crippen molar-refractivity contribution in [2.75, 3.05) is 5.75 Å². The first kappa shape index (κ1) is 14.5. The lowest BCUT2D eigenvalue weighted by Crippen LogP contribution is -2.36. The first-order valence-electron chi connectivity index (χ1n) is 6.13.